The molecule has 0 saturated heterocycles. The molecule has 11 heavy (non-hydrogen) atoms. The summed E-state index contributed by atoms with van der Waals surface area (Å²) in [6.07, 6.45) is 7.96. The summed E-state index contributed by atoms with van der Waals surface area (Å²) >= 11 is 0. The molecule has 0 radical (unpaired) electrons. The normalized spacial score (nSPS) is 29.7. The molecule has 0 aromatic carbocycles. The maximum absolute atomic E-state index is 5.55. The predicted molar refractivity (Wildman–Crippen MR) is 45.1 cm³/mol. The molecule has 0 N–H and O–H groups in total. The third-order valence-electron chi connectivity index (χ3n) is 2.57. The van der Waals surface area contributed by atoms with Crippen molar-refractivity contribution in [2.45, 2.75) is 26.2 Å². The summed E-state index contributed by atoms with van der Waals surface area (Å²) in [7, 11) is 0. The van der Waals surface area contributed by atoms with Gasteiger partial charge in [-0.15, -0.1) is 0 Å². The highest BCUT2D eigenvalue weighted by molar-refractivity contribution is 5.27. The van der Waals surface area contributed by atoms with Crippen LogP contribution in [0, 0.1) is 5.92 Å². The first-order valence-corrected chi connectivity index (χ1v) is 4.40. The van der Waals surface area contributed by atoms with Gasteiger partial charge in [-0.1, -0.05) is 13.0 Å². The summed E-state index contributed by atoms with van der Waals surface area (Å²) in [6.45, 7) is 3.21. The second-order valence-electron chi connectivity index (χ2n) is 3.37. The Balaban J connectivity index is 2.28. The van der Waals surface area contributed by atoms with E-state index in [1.165, 1.54) is 19.3 Å². The molecule has 1 aliphatic heterocycles. The van der Waals surface area contributed by atoms with Gasteiger partial charge in [-0.3, -0.25) is 0 Å². The fourth-order valence-corrected chi connectivity index (χ4v) is 1.81. The van der Waals surface area contributed by atoms with Crippen LogP contribution in [0.2, 0.25) is 0 Å². The predicted octanol–water partition coefficient (Wildman–Crippen LogP) is 2.65. The molecule has 0 fully saturated rings. The summed E-state index contributed by atoms with van der Waals surface area (Å²) < 4.78 is 5.55. The fraction of sp³-hybridized carbons (Fsp3) is 0.600. The summed E-state index contributed by atoms with van der Waals surface area (Å²) in [6, 6.07) is 0. The molecule has 60 valence electrons. The van der Waals surface area contributed by atoms with E-state index in [-0.39, 0.29) is 0 Å². The molecule has 0 aromatic rings. The van der Waals surface area contributed by atoms with Crippen molar-refractivity contribution in [1.29, 1.82) is 0 Å². The van der Waals surface area contributed by atoms with Crippen molar-refractivity contribution in [2.75, 3.05) is 6.61 Å². The largest absolute Gasteiger partial charge is 0.494 e. The van der Waals surface area contributed by atoms with Gasteiger partial charge in [-0.25, -0.2) is 0 Å². The lowest BCUT2D eigenvalue weighted by Crippen LogP contribution is -2.15. The lowest BCUT2D eigenvalue weighted by Gasteiger charge is -2.26. The van der Waals surface area contributed by atoms with Gasteiger partial charge in [0, 0.05) is 0 Å². The average molecular weight is 150 g/mol. The van der Waals surface area contributed by atoms with Crippen LogP contribution in [0.3, 0.4) is 0 Å². The number of allylic oxidation sites excluding steroid dienone is 3. The smallest absolute Gasteiger partial charge is 0.118 e. The van der Waals surface area contributed by atoms with Crippen molar-refractivity contribution in [2.24, 2.45) is 5.92 Å². The molecule has 1 nitrogen and oxygen atoms in total. The lowest BCUT2D eigenvalue weighted by molar-refractivity contribution is 0.176. The molecule has 1 heterocycles. The second-order valence-corrected chi connectivity index (χ2v) is 3.37. The van der Waals surface area contributed by atoms with Crippen molar-refractivity contribution >= 4 is 0 Å². The SMILES string of the molecule is C[C@H]1CCOC2=C1CCC=C2. The minimum absolute atomic E-state index is 0.753. The lowest BCUT2D eigenvalue weighted by atomic mass is 9.89. The molecular weight excluding hydrogens is 136 g/mol. The van der Waals surface area contributed by atoms with E-state index < -0.39 is 0 Å². The van der Waals surface area contributed by atoms with Crippen LogP contribution >= 0.6 is 0 Å². The van der Waals surface area contributed by atoms with E-state index in [0.717, 1.165) is 18.3 Å². The number of ether oxygens (including phenoxy) is 1. The van der Waals surface area contributed by atoms with Crippen LogP contribution in [-0.4, -0.2) is 6.61 Å². The van der Waals surface area contributed by atoms with Crippen molar-refractivity contribution in [3.63, 3.8) is 0 Å². The molecule has 1 aliphatic carbocycles. The Morgan fingerprint density at radius 2 is 2.45 bits per heavy atom. The maximum atomic E-state index is 5.55. The van der Waals surface area contributed by atoms with E-state index in [2.05, 4.69) is 19.1 Å². The molecule has 0 saturated carbocycles. The first-order chi connectivity index (χ1) is 5.38. The Morgan fingerprint density at radius 1 is 1.55 bits per heavy atom. The Kier molecular flexibility index (Phi) is 1.72. The summed E-state index contributed by atoms with van der Waals surface area (Å²) in [5, 5.41) is 0. The zero-order chi connectivity index (χ0) is 7.68. The standard InChI is InChI=1S/C10H14O/c1-8-6-7-11-10-5-3-2-4-9(8)10/h3,5,8H,2,4,6-7H2,1H3/t8-/m0/s1. The highest BCUT2D eigenvalue weighted by Crippen LogP contribution is 2.31. The minimum atomic E-state index is 0.753. The molecule has 0 aromatic heterocycles. The van der Waals surface area contributed by atoms with Crippen LogP contribution in [0.4, 0.5) is 0 Å². The minimum Gasteiger partial charge on any atom is -0.494 e. The summed E-state index contributed by atoms with van der Waals surface area (Å²) in [5.74, 6) is 1.92. The monoisotopic (exact) mass is 150 g/mol. The van der Waals surface area contributed by atoms with E-state index in [9.17, 15) is 0 Å². The van der Waals surface area contributed by atoms with E-state index in [4.69, 9.17) is 4.74 Å². The van der Waals surface area contributed by atoms with Gasteiger partial charge in [-0.05, 0) is 36.8 Å². The quantitative estimate of drug-likeness (QED) is 0.516. The molecule has 1 atom stereocenters. The molecule has 0 spiro atoms. The van der Waals surface area contributed by atoms with Crippen LogP contribution in [0.15, 0.2) is 23.5 Å². The van der Waals surface area contributed by atoms with Crippen molar-refractivity contribution in [3.8, 4) is 0 Å². The van der Waals surface area contributed by atoms with Gasteiger partial charge in [0.2, 0.25) is 0 Å². The van der Waals surface area contributed by atoms with Crippen molar-refractivity contribution in [1.82, 2.24) is 0 Å². The van der Waals surface area contributed by atoms with Crippen LogP contribution in [0.1, 0.15) is 26.2 Å². The third kappa shape index (κ3) is 1.20. The maximum Gasteiger partial charge on any atom is 0.118 e. The molecule has 0 bridgehead atoms. The van der Waals surface area contributed by atoms with Crippen molar-refractivity contribution in [3.05, 3.63) is 23.5 Å². The van der Waals surface area contributed by atoms with E-state index in [1.54, 1.807) is 5.57 Å². The van der Waals surface area contributed by atoms with E-state index >= 15 is 0 Å². The molecule has 2 rings (SSSR count). The highest BCUT2D eigenvalue weighted by Gasteiger charge is 2.20. The molecule has 2 aliphatic rings. The van der Waals surface area contributed by atoms with Gasteiger partial charge < -0.3 is 4.74 Å². The number of rotatable bonds is 0. The number of hydrogen-bond donors (Lipinski definition) is 0. The summed E-state index contributed by atoms with van der Waals surface area (Å²) in [4.78, 5) is 0. The van der Waals surface area contributed by atoms with Crippen LogP contribution in [-0.2, 0) is 4.74 Å². The van der Waals surface area contributed by atoms with Crippen LogP contribution < -0.4 is 0 Å². The Morgan fingerprint density at radius 3 is 3.27 bits per heavy atom. The van der Waals surface area contributed by atoms with Gasteiger partial charge in [0.1, 0.15) is 5.76 Å². The van der Waals surface area contributed by atoms with Gasteiger partial charge in [-0.2, -0.15) is 0 Å². The van der Waals surface area contributed by atoms with Gasteiger partial charge in [0.25, 0.3) is 0 Å². The average Bonchev–Trinajstić information content (AvgIpc) is 2.06. The fourth-order valence-electron chi connectivity index (χ4n) is 1.81. The summed E-state index contributed by atoms with van der Waals surface area (Å²) in [5.41, 5.74) is 1.54. The topological polar surface area (TPSA) is 9.23 Å². The molecular formula is C10H14O. The Hall–Kier alpha value is -0.720. The second kappa shape index (κ2) is 2.72. The van der Waals surface area contributed by atoms with Crippen molar-refractivity contribution < 1.29 is 4.74 Å². The number of hydrogen-bond acceptors (Lipinski definition) is 1. The Bertz CT molecular complexity index is 213. The molecule has 1 heteroatoms. The zero-order valence-corrected chi connectivity index (χ0v) is 6.97. The van der Waals surface area contributed by atoms with Gasteiger partial charge >= 0.3 is 0 Å². The first-order valence-electron chi connectivity index (χ1n) is 4.40. The molecule has 0 amide bonds. The van der Waals surface area contributed by atoms with Crippen LogP contribution in [0.5, 0.6) is 0 Å². The van der Waals surface area contributed by atoms with Gasteiger partial charge in [0.05, 0.1) is 6.61 Å². The highest BCUT2D eigenvalue weighted by atomic mass is 16.5. The van der Waals surface area contributed by atoms with E-state index in [0.29, 0.717) is 0 Å². The van der Waals surface area contributed by atoms with E-state index in [1.807, 2.05) is 0 Å². The third-order valence-corrected chi connectivity index (χ3v) is 2.57. The molecule has 0 unspecified atom stereocenters. The van der Waals surface area contributed by atoms with Crippen LogP contribution in [0.25, 0.3) is 0 Å². The first kappa shape index (κ1) is 6.96. The Labute approximate surface area is 67.7 Å². The zero-order valence-electron chi connectivity index (χ0n) is 6.97. The van der Waals surface area contributed by atoms with Gasteiger partial charge in [0.15, 0.2) is 0 Å².